The largest absolute Gasteiger partial charge is 0.351 e. The van der Waals surface area contributed by atoms with Crippen molar-refractivity contribution in [3.05, 3.63) is 83.8 Å². The highest BCUT2D eigenvalue weighted by molar-refractivity contribution is 7.14. The molecular formula is C22H19F2N3O2S. The predicted octanol–water partition coefficient (Wildman–Crippen LogP) is 4.43. The molecule has 0 saturated heterocycles. The van der Waals surface area contributed by atoms with Gasteiger partial charge in [0.15, 0.2) is 5.13 Å². The molecule has 0 saturated carbocycles. The van der Waals surface area contributed by atoms with Crippen molar-refractivity contribution < 1.29 is 18.4 Å². The molecule has 2 aromatic carbocycles. The number of nitrogens with one attached hydrogen (secondary N) is 1. The van der Waals surface area contributed by atoms with Gasteiger partial charge >= 0.3 is 0 Å². The molecule has 0 spiro atoms. The van der Waals surface area contributed by atoms with Crippen LogP contribution >= 0.6 is 11.3 Å². The number of rotatable bonds is 8. The summed E-state index contributed by atoms with van der Waals surface area (Å²) in [6.07, 6.45) is 1.58. The Hall–Kier alpha value is -3.39. The van der Waals surface area contributed by atoms with Crippen LogP contribution in [0.2, 0.25) is 0 Å². The van der Waals surface area contributed by atoms with Gasteiger partial charge in [-0.25, -0.2) is 13.8 Å². The standard InChI is InChI=1S/C22H19F2N3O2S/c1-2-12-27(22-26-19(14-30-22)15-6-4-3-5-7-15)20(28)10-11-25-21(29)17-9-8-16(23)13-18(17)24/h2-9,13-14H,1,10-12H2,(H,25,29). The number of nitrogens with zero attached hydrogens (tertiary/aromatic N) is 2. The predicted molar refractivity (Wildman–Crippen MR) is 113 cm³/mol. The van der Waals surface area contributed by atoms with Crippen molar-refractivity contribution in [3.63, 3.8) is 0 Å². The summed E-state index contributed by atoms with van der Waals surface area (Å²) in [5.74, 6) is -2.69. The van der Waals surface area contributed by atoms with Crippen LogP contribution in [-0.2, 0) is 4.79 Å². The fourth-order valence-corrected chi connectivity index (χ4v) is 3.59. The molecule has 0 unspecified atom stereocenters. The summed E-state index contributed by atoms with van der Waals surface area (Å²) < 4.78 is 26.7. The van der Waals surface area contributed by atoms with E-state index in [1.165, 1.54) is 16.2 Å². The molecule has 30 heavy (non-hydrogen) atoms. The SMILES string of the molecule is C=CCN(C(=O)CCNC(=O)c1ccc(F)cc1F)c1nc(-c2ccccc2)cs1. The number of hydrogen-bond acceptors (Lipinski definition) is 4. The number of halogens is 2. The number of thiazole rings is 1. The van der Waals surface area contributed by atoms with Gasteiger partial charge in [0.1, 0.15) is 11.6 Å². The molecule has 0 atom stereocenters. The lowest BCUT2D eigenvalue weighted by molar-refractivity contribution is -0.118. The number of hydrogen-bond donors (Lipinski definition) is 1. The quantitative estimate of drug-likeness (QED) is 0.541. The number of benzene rings is 2. The van der Waals surface area contributed by atoms with Gasteiger partial charge in [-0.2, -0.15) is 0 Å². The van der Waals surface area contributed by atoms with E-state index in [4.69, 9.17) is 0 Å². The Balaban J connectivity index is 1.62. The lowest BCUT2D eigenvalue weighted by Gasteiger charge is -2.18. The maximum absolute atomic E-state index is 13.7. The summed E-state index contributed by atoms with van der Waals surface area (Å²) in [7, 11) is 0. The summed E-state index contributed by atoms with van der Waals surface area (Å²) in [6, 6.07) is 12.3. The third-order valence-electron chi connectivity index (χ3n) is 4.21. The van der Waals surface area contributed by atoms with Gasteiger partial charge in [-0.3, -0.25) is 14.5 Å². The molecule has 154 valence electrons. The number of carbonyl (C=O) groups excluding carboxylic acids is 2. The minimum Gasteiger partial charge on any atom is -0.351 e. The maximum Gasteiger partial charge on any atom is 0.254 e. The van der Waals surface area contributed by atoms with E-state index in [-0.39, 0.29) is 31.0 Å². The van der Waals surface area contributed by atoms with Crippen molar-refractivity contribution in [3.8, 4) is 11.3 Å². The lowest BCUT2D eigenvalue weighted by atomic mass is 10.2. The third-order valence-corrected chi connectivity index (χ3v) is 5.07. The van der Waals surface area contributed by atoms with Gasteiger partial charge in [-0.05, 0) is 12.1 Å². The van der Waals surface area contributed by atoms with E-state index >= 15 is 0 Å². The second-order valence-electron chi connectivity index (χ2n) is 6.30. The summed E-state index contributed by atoms with van der Waals surface area (Å²) in [6.45, 7) is 3.94. The van der Waals surface area contributed by atoms with Gasteiger partial charge in [-0.15, -0.1) is 17.9 Å². The Kier molecular flexibility index (Phi) is 7.03. The summed E-state index contributed by atoms with van der Waals surface area (Å²) in [5.41, 5.74) is 1.43. The van der Waals surface area contributed by atoms with Crippen molar-refractivity contribution >= 4 is 28.3 Å². The maximum atomic E-state index is 13.7. The minimum atomic E-state index is -0.955. The molecule has 5 nitrogen and oxygen atoms in total. The van der Waals surface area contributed by atoms with E-state index in [0.29, 0.717) is 11.2 Å². The fourth-order valence-electron chi connectivity index (χ4n) is 2.73. The number of anilines is 1. The highest BCUT2D eigenvalue weighted by Gasteiger charge is 2.19. The molecule has 0 fully saturated rings. The molecular weight excluding hydrogens is 408 g/mol. The van der Waals surface area contributed by atoms with Gasteiger partial charge < -0.3 is 5.32 Å². The topological polar surface area (TPSA) is 62.3 Å². The van der Waals surface area contributed by atoms with E-state index in [0.717, 1.165) is 23.4 Å². The average molecular weight is 427 g/mol. The number of amides is 2. The molecule has 0 radical (unpaired) electrons. The Labute approximate surface area is 176 Å². The number of aromatic nitrogens is 1. The Bertz CT molecular complexity index is 1050. The van der Waals surface area contributed by atoms with Crippen LogP contribution in [-0.4, -0.2) is 29.9 Å². The zero-order valence-electron chi connectivity index (χ0n) is 16.0. The van der Waals surface area contributed by atoms with Crippen LogP contribution in [0.3, 0.4) is 0 Å². The van der Waals surface area contributed by atoms with Gasteiger partial charge in [-0.1, -0.05) is 36.4 Å². The smallest absolute Gasteiger partial charge is 0.254 e. The van der Waals surface area contributed by atoms with E-state index in [1.54, 1.807) is 6.08 Å². The molecule has 2 amide bonds. The minimum absolute atomic E-state index is 0.000949. The average Bonchev–Trinajstić information content (AvgIpc) is 3.22. The van der Waals surface area contributed by atoms with Crippen LogP contribution in [0.1, 0.15) is 16.8 Å². The zero-order valence-corrected chi connectivity index (χ0v) is 16.8. The molecule has 0 aliphatic carbocycles. The van der Waals surface area contributed by atoms with Crippen LogP contribution in [0.15, 0.2) is 66.6 Å². The molecule has 0 bridgehead atoms. The van der Waals surface area contributed by atoms with E-state index in [2.05, 4.69) is 16.9 Å². The second-order valence-corrected chi connectivity index (χ2v) is 7.14. The molecule has 8 heteroatoms. The van der Waals surface area contributed by atoms with E-state index < -0.39 is 17.5 Å². The van der Waals surface area contributed by atoms with Gasteiger partial charge in [0.2, 0.25) is 5.91 Å². The summed E-state index contributed by atoms with van der Waals surface area (Å²) in [4.78, 5) is 30.8. The molecule has 1 heterocycles. The van der Waals surface area contributed by atoms with Crippen molar-refractivity contribution in [1.82, 2.24) is 10.3 Å². The first-order chi connectivity index (χ1) is 14.5. The van der Waals surface area contributed by atoms with Crippen LogP contribution in [0.25, 0.3) is 11.3 Å². The normalized spacial score (nSPS) is 10.5. The van der Waals surface area contributed by atoms with Crippen LogP contribution in [0.5, 0.6) is 0 Å². The van der Waals surface area contributed by atoms with Crippen molar-refractivity contribution in [1.29, 1.82) is 0 Å². The van der Waals surface area contributed by atoms with Gasteiger partial charge in [0.25, 0.3) is 5.91 Å². The molecule has 0 aliphatic rings. The lowest BCUT2D eigenvalue weighted by Crippen LogP contribution is -2.35. The Morgan fingerprint density at radius 1 is 1.17 bits per heavy atom. The zero-order chi connectivity index (χ0) is 21.5. The van der Waals surface area contributed by atoms with Gasteiger partial charge in [0.05, 0.1) is 11.3 Å². The van der Waals surface area contributed by atoms with Crippen molar-refractivity contribution in [2.75, 3.05) is 18.0 Å². The van der Waals surface area contributed by atoms with Crippen LogP contribution in [0.4, 0.5) is 13.9 Å². The van der Waals surface area contributed by atoms with Crippen LogP contribution in [0, 0.1) is 11.6 Å². The Morgan fingerprint density at radius 2 is 1.93 bits per heavy atom. The number of carbonyl (C=O) groups is 2. The third kappa shape index (κ3) is 5.15. The highest BCUT2D eigenvalue weighted by Crippen LogP contribution is 2.27. The highest BCUT2D eigenvalue weighted by atomic mass is 32.1. The first kappa shape index (κ1) is 21.3. The first-order valence-corrected chi connectivity index (χ1v) is 10.0. The van der Waals surface area contributed by atoms with Crippen LogP contribution < -0.4 is 10.2 Å². The summed E-state index contributed by atoms with van der Waals surface area (Å²) >= 11 is 1.33. The fraction of sp³-hybridized carbons (Fsp3) is 0.136. The monoisotopic (exact) mass is 427 g/mol. The Morgan fingerprint density at radius 3 is 2.63 bits per heavy atom. The second kappa shape index (κ2) is 9.89. The molecule has 1 N–H and O–H groups in total. The molecule has 3 aromatic rings. The first-order valence-electron chi connectivity index (χ1n) is 9.15. The molecule has 1 aromatic heterocycles. The molecule has 3 rings (SSSR count). The van der Waals surface area contributed by atoms with E-state index in [1.807, 2.05) is 35.7 Å². The van der Waals surface area contributed by atoms with Crippen molar-refractivity contribution in [2.24, 2.45) is 0 Å². The molecule has 0 aliphatic heterocycles. The summed E-state index contributed by atoms with van der Waals surface area (Å²) in [5, 5.41) is 4.87. The van der Waals surface area contributed by atoms with Crippen molar-refractivity contribution in [2.45, 2.75) is 6.42 Å². The van der Waals surface area contributed by atoms with E-state index in [9.17, 15) is 18.4 Å². The van der Waals surface area contributed by atoms with Gasteiger partial charge in [0, 0.05) is 36.5 Å².